The first-order valence-electron chi connectivity index (χ1n) is 5.85. The summed E-state index contributed by atoms with van der Waals surface area (Å²) in [6.07, 6.45) is 0. The van der Waals surface area contributed by atoms with Crippen molar-refractivity contribution in [3.8, 4) is 0 Å². The predicted molar refractivity (Wildman–Crippen MR) is 75.2 cm³/mol. The second kappa shape index (κ2) is 5.87. The molecule has 1 aromatic carbocycles. The summed E-state index contributed by atoms with van der Waals surface area (Å²) in [5, 5.41) is 10.1. The monoisotopic (exact) mass is 287 g/mol. The highest BCUT2D eigenvalue weighted by atomic mass is 32.2. The Labute approximate surface area is 114 Å². The molecule has 1 atom stereocenters. The Hall–Kier alpha value is -1.15. The van der Waals surface area contributed by atoms with Crippen molar-refractivity contribution in [2.24, 2.45) is 0 Å². The van der Waals surface area contributed by atoms with E-state index in [9.17, 15) is 13.5 Å². The first-order valence-corrected chi connectivity index (χ1v) is 7.33. The van der Waals surface area contributed by atoms with Crippen molar-refractivity contribution in [3.05, 3.63) is 24.3 Å². The molecule has 0 saturated heterocycles. The SMILES string of the molecule is CN(C)CC(C)(O)CNS(=O)(=O)c1cccc(N)c1. The number of likely N-dealkylation sites (N-methyl/N-ethyl adjacent to an activating group) is 1. The minimum absolute atomic E-state index is 0.0672. The first-order chi connectivity index (χ1) is 8.62. The highest BCUT2D eigenvalue weighted by Gasteiger charge is 2.24. The number of nitrogens with zero attached hydrogens (tertiary/aromatic N) is 1. The van der Waals surface area contributed by atoms with Gasteiger partial charge in [-0.3, -0.25) is 0 Å². The predicted octanol–water partition coefficient (Wildman–Crippen LogP) is -0.140. The third-order valence-corrected chi connectivity index (χ3v) is 3.87. The molecule has 7 heteroatoms. The number of sulfonamides is 1. The Morgan fingerprint density at radius 2 is 2.05 bits per heavy atom. The number of hydrogen-bond acceptors (Lipinski definition) is 5. The van der Waals surface area contributed by atoms with Crippen LogP contribution < -0.4 is 10.5 Å². The van der Waals surface area contributed by atoms with E-state index in [1.165, 1.54) is 12.1 Å². The average molecular weight is 287 g/mol. The summed E-state index contributed by atoms with van der Waals surface area (Å²) in [5.41, 5.74) is 4.79. The minimum atomic E-state index is -3.66. The molecule has 1 aromatic rings. The largest absolute Gasteiger partial charge is 0.399 e. The van der Waals surface area contributed by atoms with Crippen molar-refractivity contribution in [1.82, 2.24) is 9.62 Å². The summed E-state index contributed by atoms with van der Waals surface area (Å²) in [6.45, 7) is 1.86. The van der Waals surface area contributed by atoms with Crippen molar-refractivity contribution >= 4 is 15.7 Å². The normalized spacial score (nSPS) is 15.4. The van der Waals surface area contributed by atoms with Crippen LogP contribution in [0.15, 0.2) is 29.2 Å². The Morgan fingerprint density at radius 3 is 2.58 bits per heavy atom. The van der Waals surface area contributed by atoms with Gasteiger partial charge in [-0.25, -0.2) is 13.1 Å². The standard InChI is InChI=1S/C12H21N3O3S/c1-12(16,9-15(2)3)8-14-19(17,18)11-6-4-5-10(13)7-11/h4-7,14,16H,8-9,13H2,1-3H3. The van der Waals surface area contributed by atoms with Crippen molar-refractivity contribution < 1.29 is 13.5 Å². The fourth-order valence-electron chi connectivity index (χ4n) is 1.75. The van der Waals surface area contributed by atoms with Crippen molar-refractivity contribution in [2.75, 3.05) is 32.9 Å². The number of benzene rings is 1. The molecule has 0 heterocycles. The molecule has 4 N–H and O–H groups in total. The van der Waals surface area contributed by atoms with Crippen molar-refractivity contribution in [2.45, 2.75) is 17.4 Å². The van der Waals surface area contributed by atoms with E-state index < -0.39 is 15.6 Å². The van der Waals surface area contributed by atoms with Crippen LogP contribution >= 0.6 is 0 Å². The number of nitrogen functional groups attached to an aromatic ring is 1. The van der Waals surface area contributed by atoms with E-state index in [1.807, 2.05) is 0 Å². The average Bonchev–Trinajstić information content (AvgIpc) is 2.25. The van der Waals surface area contributed by atoms with Gasteiger partial charge < -0.3 is 15.7 Å². The molecule has 0 aliphatic carbocycles. The molecule has 19 heavy (non-hydrogen) atoms. The van der Waals surface area contributed by atoms with E-state index in [-0.39, 0.29) is 11.4 Å². The number of rotatable bonds is 6. The molecular formula is C12H21N3O3S. The van der Waals surface area contributed by atoms with Crippen LogP contribution in [0.1, 0.15) is 6.92 Å². The second-order valence-electron chi connectivity index (χ2n) is 5.13. The van der Waals surface area contributed by atoms with Gasteiger partial charge in [-0.1, -0.05) is 6.07 Å². The van der Waals surface area contributed by atoms with E-state index in [0.29, 0.717) is 12.2 Å². The zero-order valence-corrected chi connectivity index (χ0v) is 12.2. The number of nitrogens with one attached hydrogen (secondary N) is 1. The molecule has 0 aliphatic rings. The second-order valence-corrected chi connectivity index (χ2v) is 6.90. The molecule has 0 aliphatic heterocycles. The number of aliphatic hydroxyl groups is 1. The van der Waals surface area contributed by atoms with E-state index in [1.54, 1.807) is 38.1 Å². The van der Waals surface area contributed by atoms with E-state index >= 15 is 0 Å². The quantitative estimate of drug-likeness (QED) is 0.633. The highest BCUT2D eigenvalue weighted by molar-refractivity contribution is 7.89. The first kappa shape index (κ1) is 15.9. The van der Waals surface area contributed by atoms with Gasteiger partial charge in [0, 0.05) is 18.8 Å². The molecular weight excluding hydrogens is 266 g/mol. The molecule has 108 valence electrons. The maximum atomic E-state index is 12.0. The van der Waals surface area contributed by atoms with Crippen LogP contribution in [0.3, 0.4) is 0 Å². The topological polar surface area (TPSA) is 95.7 Å². The van der Waals surface area contributed by atoms with Crippen LogP contribution in [-0.4, -0.2) is 51.2 Å². The Bertz CT molecular complexity index is 527. The zero-order valence-electron chi connectivity index (χ0n) is 11.4. The smallest absolute Gasteiger partial charge is 0.240 e. The maximum Gasteiger partial charge on any atom is 0.240 e. The summed E-state index contributed by atoms with van der Waals surface area (Å²) >= 11 is 0. The maximum absolute atomic E-state index is 12.0. The van der Waals surface area contributed by atoms with Gasteiger partial charge in [0.1, 0.15) is 0 Å². The van der Waals surface area contributed by atoms with E-state index in [2.05, 4.69) is 4.72 Å². The lowest BCUT2D eigenvalue weighted by atomic mass is 10.1. The molecule has 0 amide bonds. The number of nitrogens with two attached hydrogens (primary N) is 1. The van der Waals surface area contributed by atoms with Crippen molar-refractivity contribution in [3.63, 3.8) is 0 Å². The molecule has 0 bridgehead atoms. The molecule has 0 radical (unpaired) electrons. The van der Waals surface area contributed by atoms with Gasteiger partial charge in [-0.15, -0.1) is 0 Å². The van der Waals surface area contributed by atoms with Gasteiger partial charge in [-0.05, 0) is 39.2 Å². The molecule has 6 nitrogen and oxygen atoms in total. The molecule has 0 fully saturated rings. The lowest BCUT2D eigenvalue weighted by molar-refractivity contribution is 0.0386. The molecule has 1 rings (SSSR count). The molecule has 0 aromatic heterocycles. The van der Waals surface area contributed by atoms with Gasteiger partial charge in [0.25, 0.3) is 0 Å². The van der Waals surface area contributed by atoms with Crippen molar-refractivity contribution in [1.29, 1.82) is 0 Å². The van der Waals surface area contributed by atoms with Crippen LogP contribution in [0.4, 0.5) is 5.69 Å². The van der Waals surface area contributed by atoms with Crippen LogP contribution in [-0.2, 0) is 10.0 Å². The molecule has 1 unspecified atom stereocenters. The summed E-state index contributed by atoms with van der Waals surface area (Å²) in [6, 6.07) is 6.02. The van der Waals surface area contributed by atoms with E-state index in [4.69, 9.17) is 5.73 Å². The van der Waals surface area contributed by atoms with Gasteiger partial charge in [-0.2, -0.15) is 0 Å². The third kappa shape index (κ3) is 5.15. The summed E-state index contributed by atoms with van der Waals surface area (Å²) in [4.78, 5) is 1.88. The lowest BCUT2D eigenvalue weighted by Gasteiger charge is -2.27. The fourth-order valence-corrected chi connectivity index (χ4v) is 2.97. The summed E-state index contributed by atoms with van der Waals surface area (Å²) in [5.74, 6) is 0. The van der Waals surface area contributed by atoms with Crippen LogP contribution in [0, 0.1) is 0 Å². The van der Waals surface area contributed by atoms with Crippen LogP contribution in [0.25, 0.3) is 0 Å². The van der Waals surface area contributed by atoms with Crippen LogP contribution in [0.2, 0.25) is 0 Å². The zero-order chi connectivity index (χ0) is 14.7. The molecule has 0 spiro atoms. The van der Waals surface area contributed by atoms with E-state index in [0.717, 1.165) is 0 Å². The summed E-state index contributed by atoms with van der Waals surface area (Å²) < 4.78 is 26.4. The van der Waals surface area contributed by atoms with Gasteiger partial charge in [0.15, 0.2) is 0 Å². The van der Waals surface area contributed by atoms with Gasteiger partial charge in [0.2, 0.25) is 10.0 Å². The minimum Gasteiger partial charge on any atom is -0.399 e. The van der Waals surface area contributed by atoms with Gasteiger partial charge in [0.05, 0.1) is 10.5 Å². The fraction of sp³-hybridized carbons (Fsp3) is 0.500. The Morgan fingerprint density at radius 1 is 1.42 bits per heavy atom. The Balaban J connectivity index is 2.76. The number of anilines is 1. The lowest BCUT2D eigenvalue weighted by Crippen LogP contribution is -2.47. The highest BCUT2D eigenvalue weighted by Crippen LogP contribution is 2.13. The summed E-state index contributed by atoms with van der Waals surface area (Å²) in [7, 11) is -0.0475. The van der Waals surface area contributed by atoms with Gasteiger partial charge >= 0.3 is 0 Å². The third-order valence-electron chi connectivity index (χ3n) is 2.47. The molecule has 0 saturated carbocycles. The number of hydrogen-bond donors (Lipinski definition) is 3. The van der Waals surface area contributed by atoms with Crippen LogP contribution in [0.5, 0.6) is 0 Å². The Kier molecular flexibility index (Phi) is 4.92.